The lowest BCUT2D eigenvalue weighted by Crippen LogP contribution is -2.14. The van der Waals surface area contributed by atoms with Crippen LogP contribution in [0.3, 0.4) is 0 Å². The van der Waals surface area contributed by atoms with Crippen molar-refractivity contribution in [2.75, 3.05) is 5.32 Å². The van der Waals surface area contributed by atoms with E-state index in [0.717, 1.165) is 26.8 Å². The van der Waals surface area contributed by atoms with Crippen molar-refractivity contribution in [2.45, 2.75) is 6.54 Å². The van der Waals surface area contributed by atoms with Crippen molar-refractivity contribution in [1.82, 2.24) is 4.98 Å². The Labute approximate surface area is 140 Å². The van der Waals surface area contributed by atoms with Gasteiger partial charge in [-0.15, -0.1) is 11.3 Å². The van der Waals surface area contributed by atoms with E-state index in [2.05, 4.69) is 37.7 Å². The molecule has 3 N–H and O–H groups in total. The number of aromatic nitrogens is 1. The van der Waals surface area contributed by atoms with Gasteiger partial charge in [0.1, 0.15) is 10.8 Å². The molecule has 0 aliphatic heterocycles. The molecule has 3 aromatic rings. The summed E-state index contributed by atoms with van der Waals surface area (Å²) >= 11 is 10.3. The molecule has 3 rings (SSSR count). The van der Waals surface area contributed by atoms with Gasteiger partial charge >= 0.3 is 0 Å². The fraction of sp³-hybridized carbons (Fsp3) is 0.0667. The highest BCUT2D eigenvalue weighted by Crippen LogP contribution is 2.23. The van der Waals surface area contributed by atoms with E-state index >= 15 is 0 Å². The van der Waals surface area contributed by atoms with Crippen LogP contribution < -0.4 is 11.1 Å². The van der Waals surface area contributed by atoms with Gasteiger partial charge < -0.3 is 11.1 Å². The van der Waals surface area contributed by atoms with Gasteiger partial charge in [-0.2, -0.15) is 0 Å². The number of benzene rings is 1. The fourth-order valence-corrected chi connectivity index (χ4v) is 3.60. The normalized spacial score (nSPS) is 10.7. The van der Waals surface area contributed by atoms with Crippen molar-refractivity contribution in [3.05, 3.63) is 56.7 Å². The first-order valence-electron chi connectivity index (χ1n) is 6.30. The number of pyridine rings is 1. The third-order valence-corrected chi connectivity index (χ3v) is 4.96. The second-order valence-corrected chi connectivity index (χ2v) is 6.88. The summed E-state index contributed by atoms with van der Waals surface area (Å²) in [5.41, 5.74) is 7.53. The number of nitrogens with one attached hydrogen (secondary N) is 1. The largest absolute Gasteiger partial charge is 0.389 e. The number of halogens is 1. The third-order valence-electron chi connectivity index (χ3n) is 3.04. The van der Waals surface area contributed by atoms with Gasteiger partial charge in [0, 0.05) is 20.1 Å². The smallest absolute Gasteiger partial charge is 0.137 e. The zero-order chi connectivity index (χ0) is 14.8. The van der Waals surface area contributed by atoms with Gasteiger partial charge in [0.15, 0.2) is 0 Å². The number of rotatable bonds is 4. The Morgan fingerprint density at radius 2 is 2.14 bits per heavy atom. The molecule has 0 aliphatic rings. The molecule has 106 valence electrons. The van der Waals surface area contributed by atoms with Crippen LogP contribution in [0.1, 0.15) is 10.4 Å². The minimum absolute atomic E-state index is 0.350. The van der Waals surface area contributed by atoms with Gasteiger partial charge in [0.2, 0.25) is 0 Å². The first-order valence-corrected chi connectivity index (χ1v) is 8.38. The van der Waals surface area contributed by atoms with E-state index in [0.29, 0.717) is 11.5 Å². The van der Waals surface area contributed by atoms with E-state index in [1.807, 2.05) is 30.3 Å². The molecule has 0 fully saturated rings. The van der Waals surface area contributed by atoms with Crippen molar-refractivity contribution in [3.63, 3.8) is 0 Å². The van der Waals surface area contributed by atoms with E-state index in [-0.39, 0.29) is 0 Å². The molecule has 2 aromatic heterocycles. The number of thiocarbonyl (C=S) groups is 1. The molecule has 0 radical (unpaired) electrons. The van der Waals surface area contributed by atoms with Crippen LogP contribution in [0.2, 0.25) is 0 Å². The molecular weight excluding hydrogens is 366 g/mol. The zero-order valence-corrected chi connectivity index (χ0v) is 14.2. The van der Waals surface area contributed by atoms with Gasteiger partial charge in [-0.05, 0) is 34.1 Å². The lowest BCUT2D eigenvalue weighted by Gasteiger charge is -2.11. The van der Waals surface area contributed by atoms with Gasteiger partial charge in [-0.3, -0.25) is 0 Å². The predicted molar refractivity (Wildman–Crippen MR) is 97.0 cm³/mol. The van der Waals surface area contributed by atoms with E-state index in [9.17, 15) is 0 Å². The highest BCUT2D eigenvalue weighted by atomic mass is 79.9. The number of hydrogen-bond donors (Lipinski definition) is 2. The van der Waals surface area contributed by atoms with Crippen molar-refractivity contribution in [1.29, 1.82) is 0 Å². The average molecular weight is 378 g/mol. The summed E-state index contributed by atoms with van der Waals surface area (Å²) in [6.07, 6.45) is 0. The standard InChI is InChI=1S/C15H12BrN3S2/c16-10-6-11(21-8-10)7-18-15-12(14(17)20)5-9-3-1-2-4-13(9)19-15/h1-6,8H,7H2,(H2,17,20)(H,18,19). The van der Waals surface area contributed by atoms with Gasteiger partial charge in [-0.1, -0.05) is 30.4 Å². The van der Waals surface area contributed by atoms with Crippen LogP contribution in [-0.2, 0) is 6.54 Å². The molecule has 0 saturated heterocycles. The Morgan fingerprint density at radius 1 is 1.33 bits per heavy atom. The molecule has 0 amide bonds. The molecule has 6 heteroatoms. The summed E-state index contributed by atoms with van der Waals surface area (Å²) in [7, 11) is 0. The first kappa shape index (κ1) is 14.4. The van der Waals surface area contributed by atoms with E-state index in [1.54, 1.807) is 11.3 Å². The molecule has 2 heterocycles. The van der Waals surface area contributed by atoms with Gasteiger partial charge in [0.25, 0.3) is 0 Å². The van der Waals surface area contributed by atoms with Crippen LogP contribution in [0, 0.1) is 0 Å². The number of nitrogens with zero attached hydrogens (tertiary/aromatic N) is 1. The molecule has 0 spiro atoms. The molecule has 0 saturated carbocycles. The molecule has 0 aliphatic carbocycles. The molecule has 0 atom stereocenters. The minimum atomic E-state index is 0.350. The number of thiophene rings is 1. The maximum atomic E-state index is 5.83. The SMILES string of the molecule is NC(=S)c1cc2ccccc2nc1NCc1cc(Br)cs1. The van der Waals surface area contributed by atoms with Crippen LogP contribution in [0.4, 0.5) is 5.82 Å². The lowest BCUT2D eigenvalue weighted by molar-refractivity contribution is 1.15. The van der Waals surface area contributed by atoms with Crippen molar-refractivity contribution in [2.24, 2.45) is 5.73 Å². The highest BCUT2D eigenvalue weighted by Gasteiger charge is 2.09. The Kier molecular flexibility index (Phi) is 4.19. The summed E-state index contributed by atoms with van der Waals surface area (Å²) in [6, 6.07) is 12.0. The summed E-state index contributed by atoms with van der Waals surface area (Å²) in [4.78, 5) is 6.20. The molecule has 0 bridgehead atoms. The number of para-hydroxylation sites is 1. The lowest BCUT2D eigenvalue weighted by atomic mass is 10.1. The Bertz CT molecular complexity index is 814. The number of nitrogens with two attached hydrogens (primary N) is 1. The van der Waals surface area contributed by atoms with E-state index in [4.69, 9.17) is 18.0 Å². The van der Waals surface area contributed by atoms with E-state index in [1.165, 1.54) is 4.88 Å². The third kappa shape index (κ3) is 3.23. The topological polar surface area (TPSA) is 50.9 Å². The van der Waals surface area contributed by atoms with Crippen LogP contribution >= 0.6 is 39.5 Å². The molecular formula is C15H12BrN3S2. The Balaban J connectivity index is 1.95. The maximum Gasteiger partial charge on any atom is 0.137 e. The van der Waals surface area contributed by atoms with E-state index < -0.39 is 0 Å². The van der Waals surface area contributed by atoms with Crippen molar-refractivity contribution >= 4 is 61.2 Å². The fourth-order valence-electron chi connectivity index (χ4n) is 2.06. The second kappa shape index (κ2) is 6.09. The Hall–Kier alpha value is -1.50. The number of fused-ring (bicyclic) bond motifs is 1. The van der Waals surface area contributed by atoms with Gasteiger partial charge in [-0.25, -0.2) is 4.98 Å². The predicted octanol–water partition coefficient (Wildman–Crippen LogP) is 4.31. The first-order chi connectivity index (χ1) is 10.1. The second-order valence-electron chi connectivity index (χ2n) is 4.53. The van der Waals surface area contributed by atoms with Crippen molar-refractivity contribution < 1.29 is 0 Å². The maximum absolute atomic E-state index is 5.83. The Morgan fingerprint density at radius 3 is 2.86 bits per heavy atom. The summed E-state index contributed by atoms with van der Waals surface area (Å²) in [6.45, 7) is 0.692. The molecule has 21 heavy (non-hydrogen) atoms. The number of anilines is 1. The monoisotopic (exact) mass is 377 g/mol. The van der Waals surface area contributed by atoms with Crippen LogP contribution in [-0.4, -0.2) is 9.97 Å². The minimum Gasteiger partial charge on any atom is -0.389 e. The summed E-state index contributed by atoms with van der Waals surface area (Å²) < 4.78 is 1.09. The summed E-state index contributed by atoms with van der Waals surface area (Å²) in [5.74, 6) is 0.728. The molecule has 1 aromatic carbocycles. The van der Waals surface area contributed by atoms with Crippen LogP contribution in [0.5, 0.6) is 0 Å². The van der Waals surface area contributed by atoms with Crippen molar-refractivity contribution in [3.8, 4) is 0 Å². The van der Waals surface area contributed by atoms with Crippen LogP contribution in [0.25, 0.3) is 10.9 Å². The molecule has 0 unspecified atom stereocenters. The quantitative estimate of drug-likeness (QED) is 0.665. The summed E-state index contributed by atoms with van der Waals surface area (Å²) in [5, 5.41) is 6.41. The zero-order valence-electron chi connectivity index (χ0n) is 11.0. The van der Waals surface area contributed by atoms with Crippen LogP contribution in [0.15, 0.2) is 46.3 Å². The average Bonchev–Trinajstić information content (AvgIpc) is 2.89. The highest BCUT2D eigenvalue weighted by molar-refractivity contribution is 9.10. The number of hydrogen-bond acceptors (Lipinski definition) is 4. The molecule has 3 nitrogen and oxygen atoms in total. The van der Waals surface area contributed by atoms with Gasteiger partial charge in [0.05, 0.1) is 17.6 Å².